The largest absolute Gasteiger partial charge is 0.490 e. The molecule has 1 amide bonds. The summed E-state index contributed by atoms with van der Waals surface area (Å²) in [6, 6.07) is 9.87. The minimum Gasteiger partial charge on any atom is -0.490 e. The summed E-state index contributed by atoms with van der Waals surface area (Å²) in [6.07, 6.45) is 5.82. The first-order valence-electron chi connectivity index (χ1n) is 11.1. The molecule has 0 aliphatic heterocycles. The van der Waals surface area contributed by atoms with Crippen LogP contribution in [0.15, 0.2) is 30.3 Å². The molecule has 34 heavy (non-hydrogen) atoms. The van der Waals surface area contributed by atoms with Crippen molar-refractivity contribution in [3.05, 3.63) is 46.5 Å². The van der Waals surface area contributed by atoms with Crippen molar-refractivity contribution in [1.29, 1.82) is 5.26 Å². The van der Waals surface area contributed by atoms with Crippen molar-refractivity contribution in [3.8, 4) is 41.4 Å². The Bertz CT molecular complexity index is 1040. The number of aryl methyl sites for hydroxylation is 1. The van der Waals surface area contributed by atoms with E-state index in [1.165, 1.54) is 0 Å². The Morgan fingerprint density at radius 1 is 1.03 bits per heavy atom. The molecule has 0 saturated carbocycles. The smallest absolute Gasteiger partial charge is 0.221 e. The van der Waals surface area contributed by atoms with E-state index in [4.69, 9.17) is 37.0 Å². The zero-order valence-electron chi connectivity index (χ0n) is 19.7. The van der Waals surface area contributed by atoms with Crippen LogP contribution < -0.4 is 24.3 Å². The molecule has 0 aliphatic rings. The monoisotopic (exact) mass is 484 g/mol. The van der Waals surface area contributed by atoms with E-state index >= 15 is 0 Å². The van der Waals surface area contributed by atoms with Gasteiger partial charge in [-0.15, -0.1) is 6.42 Å². The quantitative estimate of drug-likeness (QED) is 0.408. The van der Waals surface area contributed by atoms with Gasteiger partial charge in [-0.1, -0.05) is 29.7 Å². The lowest BCUT2D eigenvalue weighted by Gasteiger charge is -2.21. The number of nitriles is 1. The van der Waals surface area contributed by atoms with Crippen LogP contribution >= 0.6 is 11.6 Å². The summed E-state index contributed by atoms with van der Waals surface area (Å²) < 4.78 is 23.2. The summed E-state index contributed by atoms with van der Waals surface area (Å²) >= 11 is 5.91. The molecule has 7 nitrogen and oxygen atoms in total. The molecule has 0 aliphatic carbocycles. The number of carbonyl (C=O) groups excluding carboxylic acids is 1. The van der Waals surface area contributed by atoms with Crippen LogP contribution in [0.5, 0.6) is 23.0 Å². The highest BCUT2D eigenvalue weighted by Gasteiger charge is 2.24. The summed E-state index contributed by atoms with van der Waals surface area (Å²) in [5.74, 6) is 3.84. The second kappa shape index (κ2) is 13.9. The van der Waals surface area contributed by atoms with E-state index in [9.17, 15) is 10.1 Å². The van der Waals surface area contributed by atoms with Crippen LogP contribution in [0, 0.1) is 23.7 Å². The second-order valence-corrected chi connectivity index (χ2v) is 7.43. The van der Waals surface area contributed by atoms with Gasteiger partial charge in [0.1, 0.15) is 12.6 Å². The number of hydrogen-bond donors (Lipinski definition) is 1. The van der Waals surface area contributed by atoms with Crippen LogP contribution in [0.3, 0.4) is 0 Å². The number of nitrogens with zero attached hydrogens (tertiary/aromatic N) is 1. The number of ether oxygens (including phenoxy) is 4. The van der Waals surface area contributed by atoms with E-state index in [1.807, 2.05) is 20.8 Å². The lowest BCUT2D eigenvalue weighted by molar-refractivity contribution is -0.121. The number of carbonyl (C=O) groups is 1. The Morgan fingerprint density at radius 2 is 1.68 bits per heavy atom. The fraction of sp³-hybridized carbons (Fsp3) is 0.385. The van der Waals surface area contributed by atoms with Crippen LogP contribution in [-0.2, 0) is 11.2 Å². The molecule has 1 unspecified atom stereocenters. The molecule has 1 atom stereocenters. The molecule has 8 heteroatoms. The maximum Gasteiger partial charge on any atom is 0.221 e. The maximum atomic E-state index is 12.7. The zero-order valence-corrected chi connectivity index (χ0v) is 20.4. The van der Waals surface area contributed by atoms with E-state index in [1.54, 1.807) is 30.3 Å². The molecular formula is C26H29ClN2O5. The van der Waals surface area contributed by atoms with Crippen molar-refractivity contribution < 1.29 is 23.7 Å². The van der Waals surface area contributed by atoms with Crippen LogP contribution in [0.2, 0.25) is 5.02 Å². The van der Waals surface area contributed by atoms with Crippen molar-refractivity contribution in [3.63, 3.8) is 0 Å². The number of rotatable bonds is 13. The molecule has 0 bridgehead atoms. The SMILES string of the molecule is C#CCOc1c(OCC)cc(CCC(=O)NC(C#N)c2ccc(Cl)cc2)c(OCC)c1OCC. The van der Waals surface area contributed by atoms with Gasteiger partial charge in [-0.2, -0.15) is 5.26 Å². The Kier molecular flexibility index (Phi) is 10.9. The van der Waals surface area contributed by atoms with Gasteiger partial charge < -0.3 is 24.3 Å². The van der Waals surface area contributed by atoms with Crippen LogP contribution in [0.1, 0.15) is 44.4 Å². The van der Waals surface area contributed by atoms with Crippen molar-refractivity contribution in [2.45, 2.75) is 39.7 Å². The molecule has 180 valence electrons. The number of hydrogen-bond acceptors (Lipinski definition) is 6. The Morgan fingerprint density at radius 3 is 2.26 bits per heavy atom. The fourth-order valence-corrected chi connectivity index (χ4v) is 3.38. The Balaban J connectivity index is 2.30. The number of halogens is 1. The molecule has 2 rings (SSSR count). The van der Waals surface area contributed by atoms with Gasteiger partial charge in [0.25, 0.3) is 0 Å². The molecular weight excluding hydrogens is 456 g/mol. The molecule has 0 heterocycles. The molecule has 0 fully saturated rings. The normalized spacial score (nSPS) is 11.0. The van der Waals surface area contributed by atoms with Gasteiger partial charge in [-0.25, -0.2) is 0 Å². The van der Waals surface area contributed by atoms with Crippen LogP contribution in [0.25, 0.3) is 0 Å². The summed E-state index contributed by atoms with van der Waals surface area (Å²) in [5, 5.41) is 12.8. The van der Waals surface area contributed by atoms with E-state index in [2.05, 4.69) is 17.3 Å². The molecule has 0 aromatic heterocycles. The van der Waals surface area contributed by atoms with Gasteiger partial charge in [0.05, 0.1) is 25.9 Å². The second-order valence-electron chi connectivity index (χ2n) is 6.99. The predicted octanol–water partition coefficient (Wildman–Crippen LogP) is 4.86. The lowest BCUT2D eigenvalue weighted by atomic mass is 10.0. The van der Waals surface area contributed by atoms with E-state index < -0.39 is 6.04 Å². The van der Waals surface area contributed by atoms with Gasteiger partial charge in [0.15, 0.2) is 11.5 Å². The fourth-order valence-electron chi connectivity index (χ4n) is 3.25. The number of terminal acetylenes is 1. The molecule has 0 radical (unpaired) electrons. The number of benzene rings is 2. The third-order valence-electron chi connectivity index (χ3n) is 4.67. The maximum absolute atomic E-state index is 12.7. The molecule has 1 N–H and O–H groups in total. The van der Waals surface area contributed by atoms with E-state index in [-0.39, 0.29) is 18.9 Å². The zero-order chi connectivity index (χ0) is 24.9. The van der Waals surface area contributed by atoms with Gasteiger partial charge in [0, 0.05) is 17.0 Å². The summed E-state index contributed by atoms with van der Waals surface area (Å²) in [7, 11) is 0. The minimum atomic E-state index is -0.784. The van der Waals surface area contributed by atoms with Gasteiger partial charge >= 0.3 is 0 Å². The first kappa shape index (κ1) is 26.7. The Hall–Kier alpha value is -3.55. The highest BCUT2D eigenvalue weighted by atomic mass is 35.5. The summed E-state index contributed by atoms with van der Waals surface area (Å²) in [4.78, 5) is 12.7. The average Bonchev–Trinajstić information content (AvgIpc) is 2.83. The lowest BCUT2D eigenvalue weighted by Crippen LogP contribution is -2.27. The molecule has 2 aromatic carbocycles. The highest BCUT2D eigenvalue weighted by Crippen LogP contribution is 2.47. The summed E-state index contributed by atoms with van der Waals surface area (Å²) in [5.41, 5.74) is 1.37. The van der Waals surface area contributed by atoms with Crippen molar-refractivity contribution in [2.75, 3.05) is 26.4 Å². The van der Waals surface area contributed by atoms with E-state index in [0.717, 1.165) is 5.56 Å². The first-order chi connectivity index (χ1) is 16.5. The first-order valence-corrected chi connectivity index (χ1v) is 11.5. The van der Waals surface area contributed by atoms with E-state index in [0.29, 0.717) is 59.8 Å². The van der Waals surface area contributed by atoms with Gasteiger partial charge in [-0.3, -0.25) is 4.79 Å². The van der Waals surface area contributed by atoms with Crippen molar-refractivity contribution in [1.82, 2.24) is 5.32 Å². The molecule has 0 saturated heterocycles. The van der Waals surface area contributed by atoms with Crippen molar-refractivity contribution in [2.24, 2.45) is 0 Å². The topological polar surface area (TPSA) is 89.8 Å². The minimum absolute atomic E-state index is 0.0354. The van der Waals surface area contributed by atoms with Gasteiger partial charge in [0.2, 0.25) is 17.4 Å². The van der Waals surface area contributed by atoms with Crippen molar-refractivity contribution >= 4 is 17.5 Å². The standard InChI is InChI=1S/C26H29ClN2O5/c1-5-15-34-25-22(31-6-2)16-19(24(32-7-3)26(25)33-8-4)11-14-23(30)29-21(17-28)18-9-12-20(27)13-10-18/h1,9-10,12-13,16,21H,6-8,11,14-15H2,2-4H3,(H,29,30). The molecule has 0 spiro atoms. The van der Waals surface area contributed by atoms with Crippen LogP contribution in [-0.4, -0.2) is 32.3 Å². The number of amides is 1. The highest BCUT2D eigenvalue weighted by molar-refractivity contribution is 6.30. The Labute approximate surface area is 205 Å². The van der Waals surface area contributed by atoms with Gasteiger partial charge in [-0.05, 0) is 51.0 Å². The summed E-state index contributed by atoms with van der Waals surface area (Å²) in [6.45, 7) is 6.74. The number of nitrogens with one attached hydrogen (secondary N) is 1. The van der Waals surface area contributed by atoms with Crippen LogP contribution in [0.4, 0.5) is 0 Å². The average molecular weight is 485 g/mol. The molecule has 2 aromatic rings. The third-order valence-corrected chi connectivity index (χ3v) is 4.92. The predicted molar refractivity (Wildman–Crippen MR) is 131 cm³/mol. The third kappa shape index (κ3) is 7.23.